The number of hydrogen-bond donors (Lipinski definition) is 2. The van der Waals surface area contributed by atoms with Gasteiger partial charge in [0.1, 0.15) is 5.75 Å². The van der Waals surface area contributed by atoms with Crippen LogP contribution in [-0.2, 0) is 16.1 Å². The van der Waals surface area contributed by atoms with Gasteiger partial charge in [0.25, 0.3) is 0 Å². The highest BCUT2D eigenvalue weighted by Gasteiger charge is 2.23. The molecule has 0 saturated carbocycles. The Morgan fingerprint density at radius 3 is 2.83 bits per heavy atom. The van der Waals surface area contributed by atoms with Crippen LogP contribution >= 0.6 is 0 Å². The van der Waals surface area contributed by atoms with Crippen LogP contribution in [0, 0.1) is 0 Å². The fraction of sp³-hybridized carbons (Fsp3) is 0.308. The Balaban J connectivity index is 2.65. The van der Waals surface area contributed by atoms with Crippen LogP contribution in [0.3, 0.4) is 0 Å². The molecule has 2 rings (SSSR count). The zero-order chi connectivity index (χ0) is 13.3. The van der Waals surface area contributed by atoms with E-state index in [4.69, 9.17) is 0 Å². The number of phenols is 1. The third kappa shape index (κ3) is 1.82. The first kappa shape index (κ1) is 12.4. The highest BCUT2D eigenvalue weighted by Crippen LogP contribution is 2.30. The number of esters is 1. The first-order valence-corrected chi connectivity index (χ1v) is 5.67. The van der Waals surface area contributed by atoms with Crippen LogP contribution in [0.5, 0.6) is 5.75 Å². The lowest BCUT2D eigenvalue weighted by Gasteiger charge is -2.12. The molecule has 2 N–H and O–H groups in total. The Morgan fingerprint density at radius 1 is 1.50 bits per heavy atom. The number of benzene rings is 1. The van der Waals surface area contributed by atoms with E-state index in [0.29, 0.717) is 17.8 Å². The molecule has 18 heavy (non-hydrogen) atoms. The maximum atomic E-state index is 11.4. The summed E-state index contributed by atoms with van der Waals surface area (Å²) in [6.45, 7) is 2.41. The van der Waals surface area contributed by atoms with Crippen LogP contribution in [0.15, 0.2) is 24.3 Å². The Kier molecular flexibility index (Phi) is 3.25. The van der Waals surface area contributed by atoms with E-state index in [2.05, 4.69) is 4.74 Å². The van der Waals surface area contributed by atoms with Crippen molar-refractivity contribution in [2.24, 2.45) is 0 Å². The molecule has 0 aliphatic heterocycles. The molecule has 1 aromatic heterocycles. The summed E-state index contributed by atoms with van der Waals surface area (Å²) in [7, 11) is 1.22. The van der Waals surface area contributed by atoms with Crippen LogP contribution in [-0.4, -0.2) is 27.9 Å². The molecule has 0 spiro atoms. The van der Waals surface area contributed by atoms with Crippen molar-refractivity contribution in [1.29, 1.82) is 0 Å². The van der Waals surface area contributed by atoms with Gasteiger partial charge in [-0.25, -0.2) is 4.79 Å². The highest BCUT2D eigenvalue weighted by atomic mass is 16.5. The van der Waals surface area contributed by atoms with Crippen molar-refractivity contribution >= 4 is 16.9 Å². The average molecular weight is 249 g/mol. The van der Waals surface area contributed by atoms with E-state index < -0.39 is 12.1 Å². The van der Waals surface area contributed by atoms with Gasteiger partial charge in [-0.2, -0.15) is 0 Å². The van der Waals surface area contributed by atoms with Crippen molar-refractivity contribution in [3.05, 3.63) is 30.0 Å². The van der Waals surface area contributed by atoms with Gasteiger partial charge in [-0.05, 0) is 19.1 Å². The number of aromatic nitrogens is 1. The molecule has 96 valence electrons. The minimum atomic E-state index is -1.35. The maximum absolute atomic E-state index is 11.4. The second-order valence-electron chi connectivity index (χ2n) is 3.95. The van der Waals surface area contributed by atoms with E-state index in [-0.39, 0.29) is 5.75 Å². The van der Waals surface area contributed by atoms with Crippen molar-refractivity contribution in [3.8, 4) is 5.75 Å². The van der Waals surface area contributed by atoms with Gasteiger partial charge in [-0.15, -0.1) is 0 Å². The van der Waals surface area contributed by atoms with Gasteiger partial charge in [0, 0.05) is 11.9 Å². The summed E-state index contributed by atoms with van der Waals surface area (Å²) in [6, 6.07) is 6.78. The maximum Gasteiger partial charge on any atom is 0.340 e. The van der Waals surface area contributed by atoms with Crippen LogP contribution in [0.4, 0.5) is 0 Å². The van der Waals surface area contributed by atoms with Gasteiger partial charge in [0.15, 0.2) is 6.10 Å². The average Bonchev–Trinajstić information content (AvgIpc) is 2.76. The number of aliphatic hydroxyl groups excluding tert-OH is 1. The number of carbonyl (C=O) groups is 1. The van der Waals surface area contributed by atoms with Crippen molar-refractivity contribution in [1.82, 2.24) is 4.57 Å². The van der Waals surface area contributed by atoms with Gasteiger partial charge in [0.05, 0.1) is 18.3 Å². The molecular formula is C13H15NO4. The molecule has 0 radical (unpaired) electrons. The number of ether oxygens (including phenoxy) is 1. The zero-order valence-corrected chi connectivity index (χ0v) is 10.3. The molecule has 5 nitrogen and oxygen atoms in total. The fourth-order valence-corrected chi connectivity index (χ4v) is 2.13. The molecule has 0 amide bonds. The molecule has 2 aromatic rings. The minimum absolute atomic E-state index is 0.123. The van der Waals surface area contributed by atoms with E-state index in [1.54, 1.807) is 22.8 Å². The lowest BCUT2D eigenvalue weighted by atomic mass is 10.2. The largest absolute Gasteiger partial charge is 0.506 e. The third-order valence-electron chi connectivity index (χ3n) is 2.95. The van der Waals surface area contributed by atoms with Crippen LogP contribution in [0.2, 0.25) is 0 Å². The van der Waals surface area contributed by atoms with Gasteiger partial charge < -0.3 is 19.5 Å². The summed E-state index contributed by atoms with van der Waals surface area (Å²) in [5, 5.41) is 20.5. The Morgan fingerprint density at radius 2 is 2.22 bits per heavy atom. The number of aliphatic hydroxyl groups is 1. The lowest BCUT2D eigenvalue weighted by Crippen LogP contribution is -2.17. The van der Waals surface area contributed by atoms with E-state index in [1.165, 1.54) is 7.11 Å². The van der Waals surface area contributed by atoms with Gasteiger partial charge in [-0.3, -0.25) is 0 Å². The number of phenolic OH excluding ortho intramolecular Hbond substituents is 1. The summed E-state index contributed by atoms with van der Waals surface area (Å²) in [6.07, 6.45) is -1.35. The Hall–Kier alpha value is -2.01. The quantitative estimate of drug-likeness (QED) is 0.810. The second-order valence-corrected chi connectivity index (χ2v) is 3.95. The van der Waals surface area contributed by atoms with Crippen molar-refractivity contribution in [2.75, 3.05) is 7.11 Å². The van der Waals surface area contributed by atoms with Crippen LogP contribution in [0.25, 0.3) is 10.9 Å². The Labute approximate surface area is 104 Å². The number of aromatic hydroxyl groups is 1. The predicted octanol–water partition coefficient (Wildman–Crippen LogP) is 1.57. The molecule has 1 heterocycles. The van der Waals surface area contributed by atoms with Gasteiger partial charge in [0.2, 0.25) is 0 Å². The van der Waals surface area contributed by atoms with Gasteiger partial charge >= 0.3 is 5.97 Å². The van der Waals surface area contributed by atoms with Crippen LogP contribution < -0.4 is 0 Å². The number of para-hydroxylation sites is 1. The minimum Gasteiger partial charge on any atom is -0.506 e. The summed E-state index contributed by atoms with van der Waals surface area (Å²) in [5.41, 5.74) is 1.03. The monoisotopic (exact) mass is 249 g/mol. The fourth-order valence-electron chi connectivity index (χ4n) is 2.13. The van der Waals surface area contributed by atoms with E-state index in [0.717, 1.165) is 5.39 Å². The molecule has 0 fully saturated rings. The SMILES string of the molecule is CCn1c(C(O)C(=O)OC)cc2cccc(O)c21. The highest BCUT2D eigenvalue weighted by molar-refractivity contribution is 5.88. The number of rotatable bonds is 3. The normalized spacial score (nSPS) is 12.6. The van der Waals surface area contributed by atoms with Crippen molar-refractivity contribution < 1.29 is 19.7 Å². The first-order chi connectivity index (χ1) is 8.60. The summed E-state index contributed by atoms with van der Waals surface area (Å²) < 4.78 is 6.23. The van der Waals surface area contributed by atoms with Crippen molar-refractivity contribution in [2.45, 2.75) is 19.6 Å². The molecule has 0 aliphatic carbocycles. The molecule has 0 saturated heterocycles. The van der Waals surface area contributed by atoms with E-state index in [9.17, 15) is 15.0 Å². The zero-order valence-electron chi connectivity index (χ0n) is 10.3. The van der Waals surface area contributed by atoms with Crippen molar-refractivity contribution in [3.63, 3.8) is 0 Å². The molecule has 5 heteroatoms. The molecule has 1 unspecified atom stereocenters. The standard InChI is InChI=1S/C13H15NO4/c1-3-14-9(12(16)13(17)18-2)7-8-5-4-6-10(15)11(8)14/h4-7,12,15-16H,3H2,1-2H3. The number of nitrogens with zero attached hydrogens (tertiary/aromatic N) is 1. The molecular weight excluding hydrogens is 234 g/mol. The van der Waals surface area contributed by atoms with E-state index in [1.807, 2.05) is 13.0 Å². The second kappa shape index (κ2) is 4.70. The summed E-state index contributed by atoms with van der Waals surface area (Å²) in [5.74, 6) is -0.593. The molecule has 1 atom stereocenters. The van der Waals surface area contributed by atoms with Crippen LogP contribution in [0.1, 0.15) is 18.7 Å². The molecule has 1 aromatic carbocycles. The van der Waals surface area contributed by atoms with Gasteiger partial charge in [-0.1, -0.05) is 12.1 Å². The third-order valence-corrected chi connectivity index (χ3v) is 2.95. The Bertz CT molecular complexity index is 588. The summed E-state index contributed by atoms with van der Waals surface area (Å²) >= 11 is 0. The first-order valence-electron chi connectivity index (χ1n) is 5.67. The number of carbonyl (C=O) groups excluding carboxylic acids is 1. The van der Waals surface area contributed by atoms with E-state index >= 15 is 0 Å². The molecule has 0 aliphatic rings. The topological polar surface area (TPSA) is 71.7 Å². The lowest BCUT2D eigenvalue weighted by molar-refractivity contribution is -0.151. The molecule has 0 bridgehead atoms. The predicted molar refractivity (Wildman–Crippen MR) is 66.3 cm³/mol. The number of methoxy groups -OCH3 is 1. The smallest absolute Gasteiger partial charge is 0.340 e. The number of aryl methyl sites for hydroxylation is 1. The number of fused-ring (bicyclic) bond motifs is 1. The summed E-state index contributed by atoms with van der Waals surface area (Å²) in [4.78, 5) is 11.4. The number of hydrogen-bond acceptors (Lipinski definition) is 4.